The zero-order valence-electron chi connectivity index (χ0n) is 10.9. The zero-order chi connectivity index (χ0) is 14.0. The van der Waals surface area contributed by atoms with E-state index < -0.39 is 11.7 Å². The maximum absolute atomic E-state index is 11.8. The van der Waals surface area contributed by atoms with Crippen LogP contribution in [0.1, 0.15) is 20.8 Å². The van der Waals surface area contributed by atoms with E-state index in [1.54, 1.807) is 51.5 Å². The molecule has 19 heavy (non-hydrogen) atoms. The van der Waals surface area contributed by atoms with Gasteiger partial charge in [-0.25, -0.2) is 4.79 Å². The van der Waals surface area contributed by atoms with Crippen molar-refractivity contribution in [2.45, 2.75) is 26.4 Å². The van der Waals surface area contributed by atoms with Crippen LogP contribution >= 0.6 is 11.6 Å². The quantitative estimate of drug-likeness (QED) is 0.803. The van der Waals surface area contributed by atoms with Crippen molar-refractivity contribution < 1.29 is 9.53 Å². The molecule has 0 saturated carbocycles. The normalized spacial score (nSPS) is 11.4. The summed E-state index contributed by atoms with van der Waals surface area (Å²) in [6.07, 6.45) is 4.15. The molecule has 6 heteroatoms. The zero-order valence-corrected chi connectivity index (χ0v) is 11.7. The maximum atomic E-state index is 11.8. The lowest BCUT2D eigenvalue weighted by Crippen LogP contribution is -2.27. The molecule has 0 aliphatic rings. The number of carbonyl (C=O) groups excluding carboxylic acids is 1. The van der Waals surface area contributed by atoms with Gasteiger partial charge in [0, 0.05) is 18.0 Å². The molecule has 5 nitrogen and oxygen atoms in total. The van der Waals surface area contributed by atoms with Crippen molar-refractivity contribution in [2.24, 2.45) is 0 Å². The van der Waals surface area contributed by atoms with Crippen molar-refractivity contribution in [1.82, 2.24) is 14.8 Å². The minimum absolute atomic E-state index is 0.521. The lowest BCUT2D eigenvalue weighted by atomic mass is 10.2. The molecule has 0 bridgehead atoms. The molecule has 2 aromatic rings. The van der Waals surface area contributed by atoms with Gasteiger partial charge in [-0.05, 0) is 32.9 Å². The van der Waals surface area contributed by atoms with Gasteiger partial charge in [-0.3, -0.25) is 4.98 Å². The van der Waals surface area contributed by atoms with Gasteiger partial charge in [0.1, 0.15) is 5.60 Å². The molecule has 0 unspecified atom stereocenters. The van der Waals surface area contributed by atoms with Crippen LogP contribution in [0.3, 0.4) is 0 Å². The highest BCUT2D eigenvalue weighted by Gasteiger charge is 2.18. The third-order valence-electron chi connectivity index (χ3n) is 2.19. The predicted molar refractivity (Wildman–Crippen MR) is 72.1 cm³/mol. The van der Waals surface area contributed by atoms with Crippen LogP contribution in [0.4, 0.5) is 4.79 Å². The Kier molecular flexibility index (Phi) is 3.57. The Morgan fingerprint density at radius 1 is 1.32 bits per heavy atom. The Morgan fingerprint density at radius 2 is 2.05 bits per heavy atom. The Labute approximate surface area is 116 Å². The van der Waals surface area contributed by atoms with Crippen LogP contribution in [0.2, 0.25) is 5.02 Å². The number of carbonyl (C=O) groups is 1. The first-order chi connectivity index (χ1) is 8.85. The summed E-state index contributed by atoms with van der Waals surface area (Å²) >= 11 is 5.77. The average molecular weight is 280 g/mol. The third kappa shape index (κ3) is 3.54. The SMILES string of the molecule is CC(C)(C)OC(=O)n1cc(-c2ccc(Cl)cn2)cn1. The fourth-order valence-corrected chi connectivity index (χ4v) is 1.52. The molecule has 0 aromatic carbocycles. The summed E-state index contributed by atoms with van der Waals surface area (Å²) in [4.78, 5) is 16.0. The van der Waals surface area contributed by atoms with E-state index >= 15 is 0 Å². The van der Waals surface area contributed by atoms with E-state index in [1.165, 1.54) is 0 Å². The topological polar surface area (TPSA) is 57.0 Å². The lowest BCUT2D eigenvalue weighted by molar-refractivity contribution is 0.0514. The van der Waals surface area contributed by atoms with E-state index in [0.29, 0.717) is 10.7 Å². The first-order valence-electron chi connectivity index (χ1n) is 5.75. The molecule has 0 saturated heterocycles. The van der Waals surface area contributed by atoms with E-state index in [0.717, 1.165) is 10.2 Å². The van der Waals surface area contributed by atoms with Crippen molar-refractivity contribution in [3.8, 4) is 11.3 Å². The standard InChI is InChI=1S/C13H14ClN3O2/c1-13(2,3)19-12(18)17-8-9(6-16-17)11-5-4-10(14)7-15-11/h4-8H,1-3H3. The molecule has 0 atom stereocenters. The van der Waals surface area contributed by atoms with Crippen molar-refractivity contribution >= 4 is 17.7 Å². The fourth-order valence-electron chi connectivity index (χ4n) is 1.41. The van der Waals surface area contributed by atoms with Crippen LogP contribution in [0.5, 0.6) is 0 Å². The Bertz CT molecular complexity index is 585. The smallest absolute Gasteiger partial charge is 0.435 e. The fraction of sp³-hybridized carbons (Fsp3) is 0.308. The van der Waals surface area contributed by atoms with Crippen LogP contribution < -0.4 is 0 Å². The van der Waals surface area contributed by atoms with E-state index in [2.05, 4.69) is 10.1 Å². The minimum atomic E-state index is -0.554. The summed E-state index contributed by atoms with van der Waals surface area (Å²) in [6, 6.07) is 3.49. The average Bonchev–Trinajstić information content (AvgIpc) is 2.77. The highest BCUT2D eigenvalue weighted by molar-refractivity contribution is 6.30. The summed E-state index contributed by atoms with van der Waals surface area (Å²) in [7, 11) is 0. The molecule has 2 heterocycles. The summed E-state index contributed by atoms with van der Waals surface area (Å²) in [5.41, 5.74) is 0.864. The van der Waals surface area contributed by atoms with Crippen LogP contribution in [0.25, 0.3) is 11.3 Å². The van der Waals surface area contributed by atoms with Gasteiger partial charge >= 0.3 is 6.09 Å². The van der Waals surface area contributed by atoms with Crippen molar-refractivity contribution in [3.05, 3.63) is 35.7 Å². The van der Waals surface area contributed by atoms with Crippen molar-refractivity contribution in [3.63, 3.8) is 0 Å². The number of hydrogen-bond donors (Lipinski definition) is 0. The van der Waals surface area contributed by atoms with Crippen LogP contribution in [0.15, 0.2) is 30.7 Å². The van der Waals surface area contributed by atoms with Crippen molar-refractivity contribution in [1.29, 1.82) is 0 Å². The molecule has 0 aliphatic carbocycles. The van der Waals surface area contributed by atoms with Gasteiger partial charge in [0.05, 0.1) is 16.9 Å². The molecule has 0 aliphatic heterocycles. The molecule has 0 radical (unpaired) electrons. The predicted octanol–water partition coefficient (Wildman–Crippen LogP) is 3.38. The first kappa shape index (κ1) is 13.5. The lowest BCUT2D eigenvalue weighted by Gasteiger charge is -2.18. The van der Waals surface area contributed by atoms with E-state index in [9.17, 15) is 4.79 Å². The second-order valence-electron chi connectivity index (χ2n) is 5.02. The Morgan fingerprint density at radius 3 is 2.63 bits per heavy atom. The third-order valence-corrected chi connectivity index (χ3v) is 2.41. The van der Waals surface area contributed by atoms with E-state index in [1.807, 2.05) is 0 Å². The molecule has 2 aromatic heterocycles. The number of aromatic nitrogens is 3. The summed E-state index contributed by atoms with van der Waals surface area (Å²) in [6.45, 7) is 5.40. The molecule has 0 fully saturated rings. The second kappa shape index (κ2) is 5.01. The van der Waals surface area contributed by atoms with Crippen molar-refractivity contribution in [2.75, 3.05) is 0 Å². The summed E-state index contributed by atoms with van der Waals surface area (Å²) in [5, 5.41) is 4.53. The van der Waals surface area contributed by atoms with Gasteiger partial charge in [-0.15, -0.1) is 0 Å². The molecule has 100 valence electrons. The molecule has 2 rings (SSSR count). The molecular weight excluding hydrogens is 266 g/mol. The van der Waals surface area contributed by atoms with Gasteiger partial charge < -0.3 is 4.74 Å². The Balaban J connectivity index is 2.19. The van der Waals surface area contributed by atoms with E-state index in [4.69, 9.17) is 16.3 Å². The van der Waals surface area contributed by atoms with Crippen LogP contribution in [-0.2, 0) is 4.74 Å². The monoisotopic (exact) mass is 279 g/mol. The van der Waals surface area contributed by atoms with Crippen LogP contribution in [-0.4, -0.2) is 26.5 Å². The number of ether oxygens (including phenoxy) is 1. The number of halogens is 1. The highest BCUT2D eigenvalue weighted by Crippen LogP contribution is 2.18. The highest BCUT2D eigenvalue weighted by atomic mass is 35.5. The molecule has 0 N–H and O–H groups in total. The van der Waals surface area contributed by atoms with Gasteiger partial charge in [0.25, 0.3) is 0 Å². The summed E-state index contributed by atoms with van der Waals surface area (Å²) < 4.78 is 6.36. The molecular formula is C13H14ClN3O2. The number of rotatable bonds is 1. The first-order valence-corrected chi connectivity index (χ1v) is 6.13. The summed E-state index contributed by atoms with van der Waals surface area (Å²) in [5.74, 6) is 0. The maximum Gasteiger partial charge on any atom is 0.435 e. The number of nitrogens with zero attached hydrogens (tertiary/aromatic N) is 3. The molecule has 0 spiro atoms. The minimum Gasteiger partial charge on any atom is -0.442 e. The Hall–Kier alpha value is -1.88. The van der Waals surface area contributed by atoms with Gasteiger partial charge in [-0.1, -0.05) is 11.6 Å². The van der Waals surface area contributed by atoms with Gasteiger partial charge in [-0.2, -0.15) is 9.78 Å². The second-order valence-corrected chi connectivity index (χ2v) is 5.45. The van der Waals surface area contributed by atoms with Gasteiger partial charge in [0.15, 0.2) is 0 Å². The number of hydrogen-bond acceptors (Lipinski definition) is 4. The molecule has 0 amide bonds. The van der Waals surface area contributed by atoms with Crippen LogP contribution in [0, 0.1) is 0 Å². The number of pyridine rings is 1. The van der Waals surface area contributed by atoms with Gasteiger partial charge in [0.2, 0.25) is 0 Å². The van der Waals surface area contributed by atoms with E-state index in [-0.39, 0.29) is 0 Å². The largest absolute Gasteiger partial charge is 0.442 e.